The van der Waals surface area contributed by atoms with Gasteiger partial charge in [-0.25, -0.2) is 0 Å². The number of benzene rings is 2. The first kappa shape index (κ1) is 23.2. The Morgan fingerprint density at radius 3 is 2.35 bits per heavy atom. The molecule has 1 aliphatic rings. The number of aryl methyl sites for hydroxylation is 1. The minimum absolute atomic E-state index is 0.236. The highest BCUT2D eigenvalue weighted by Gasteiger charge is 2.24. The molecule has 0 aliphatic carbocycles. The predicted octanol–water partition coefficient (Wildman–Crippen LogP) is 4.33. The summed E-state index contributed by atoms with van der Waals surface area (Å²) < 4.78 is 17.6. The van der Waals surface area contributed by atoms with Gasteiger partial charge in [0, 0.05) is 6.54 Å². The number of aliphatic hydroxyl groups excluding tert-OH is 1. The Labute approximate surface area is 185 Å². The molecule has 6 heteroatoms. The topological polar surface area (TPSA) is 71.4 Å². The molecule has 1 unspecified atom stereocenters. The molecule has 2 N–H and O–H groups in total. The number of aromatic hydroxyl groups is 1. The van der Waals surface area contributed by atoms with E-state index in [1.54, 1.807) is 19.2 Å². The van der Waals surface area contributed by atoms with Crippen LogP contribution >= 0.6 is 0 Å². The van der Waals surface area contributed by atoms with E-state index in [1.807, 2.05) is 31.2 Å². The van der Waals surface area contributed by atoms with Crippen molar-refractivity contribution in [3.8, 4) is 23.0 Å². The van der Waals surface area contributed by atoms with Gasteiger partial charge in [0.25, 0.3) is 0 Å². The van der Waals surface area contributed by atoms with Crippen LogP contribution < -0.4 is 14.2 Å². The molecule has 1 aliphatic heterocycles. The summed E-state index contributed by atoms with van der Waals surface area (Å²) in [5, 5.41) is 20.6. The van der Waals surface area contributed by atoms with Crippen molar-refractivity contribution in [2.75, 3.05) is 40.0 Å². The highest BCUT2D eigenvalue weighted by molar-refractivity contribution is 5.55. The van der Waals surface area contributed by atoms with E-state index in [-0.39, 0.29) is 5.75 Å². The first-order valence-corrected chi connectivity index (χ1v) is 11.3. The SMILES string of the molecule is CCOc1ccc(OC)c(OCCN2CCCCC2)c1C(O)CCc1ccc(O)cc1. The fraction of sp³-hybridized carbons (Fsp3) is 0.520. The van der Waals surface area contributed by atoms with Crippen LogP contribution in [0, 0.1) is 0 Å². The molecule has 0 aromatic heterocycles. The van der Waals surface area contributed by atoms with Crippen LogP contribution in [0.1, 0.15) is 49.8 Å². The number of nitrogens with zero attached hydrogens (tertiary/aromatic N) is 1. The van der Waals surface area contributed by atoms with Crippen molar-refractivity contribution in [1.29, 1.82) is 0 Å². The fourth-order valence-corrected chi connectivity index (χ4v) is 4.04. The number of aliphatic hydroxyl groups is 1. The largest absolute Gasteiger partial charge is 0.508 e. The molecular formula is C25H35NO5. The summed E-state index contributed by atoms with van der Waals surface area (Å²) in [6, 6.07) is 10.7. The summed E-state index contributed by atoms with van der Waals surface area (Å²) in [7, 11) is 1.61. The van der Waals surface area contributed by atoms with Crippen molar-refractivity contribution in [1.82, 2.24) is 4.90 Å². The van der Waals surface area contributed by atoms with Crippen molar-refractivity contribution >= 4 is 0 Å². The minimum atomic E-state index is -0.768. The highest BCUT2D eigenvalue weighted by Crippen LogP contribution is 2.43. The van der Waals surface area contributed by atoms with Crippen LogP contribution in [0.2, 0.25) is 0 Å². The van der Waals surface area contributed by atoms with Crippen LogP contribution in [0.15, 0.2) is 36.4 Å². The lowest BCUT2D eigenvalue weighted by Crippen LogP contribution is -2.33. The molecule has 0 radical (unpaired) electrons. The smallest absolute Gasteiger partial charge is 0.170 e. The van der Waals surface area contributed by atoms with E-state index in [0.717, 1.165) is 25.2 Å². The van der Waals surface area contributed by atoms with E-state index in [9.17, 15) is 10.2 Å². The Kier molecular flexibility index (Phi) is 8.85. The van der Waals surface area contributed by atoms with Gasteiger partial charge in [0.05, 0.1) is 25.4 Å². The molecule has 170 valence electrons. The maximum absolute atomic E-state index is 11.1. The standard InChI is InChI=1S/C25H35NO5/c1-3-30-22-13-14-23(29-2)25(31-18-17-26-15-5-4-6-16-26)24(22)21(28)12-9-19-7-10-20(27)11-8-19/h7-8,10-11,13-14,21,27-28H,3-6,9,12,15-18H2,1-2H3. The molecule has 6 nitrogen and oxygen atoms in total. The lowest BCUT2D eigenvalue weighted by Gasteiger charge is -2.27. The monoisotopic (exact) mass is 429 g/mol. The summed E-state index contributed by atoms with van der Waals surface area (Å²) in [6.45, 7) is 6.03. The third kappa shape index (κ3) is 6.52. The Morgan fingerprint density at radius 1 is 0.968 bits per heavy atom. The number of piperidine rings is 1. The van der Waals surface area contributed by atoms with Crippen LogP contribution in [0.4, 0.5) is 0 Å². The molecule has 2 aromatic rings. The number of likely N-dealkylation sites (tertiary alicyclic amines) is 1. The fourth-order valence-electron chi connectivity index (χ4n) is 4.04. The normalized spacial score (nSPS) is 15.5. The number of rotatable bonds is 11. The molecule has 31 heavy (non-hydrogen) atoms. The summed E-state index contributed by atoms with van der Waals surface area (Å²) in [5.41, 5.74) is 1.68. The minimum Gasteiger partial charge on any atom is -0.508 e. The van der Waals surface area contributed by atoms with Gasteiger partial charge in [0.15, 0.2) is 11.5 Å². The molecule has 2 aromatic carbocycles. The van der Waals surface area contributed by atoms with Gasteiger partial charge in [0.1, 0.15) is 18.1 Å². The van der Waals surface area contributed by atoms with E-state index in [2.05, 4.69) is 4.90 Å². The number of methoxy groups -OCH3 is 1. The zero-order chi connectivity index (χ0) is 22.1. The molecular weight excluding hydrogens is 394 g/mol. The molecule has 0 saturated carbocycles. The third-order valence-electron chi connectivity index (χ3n) is 5.72. The predicted molar refractivity (Wildman–Crippen MR) is 121 cm³/mol. The Bertz CT molecular complexity index is 802. The Morgan fingerprint density at radius 2 is 1.68 bits per heavy atom. The van der Waals surface area contributed by atoms with Gasteiger partial charge in [-0.2, -0.15) is 0 Å². The summed E-state index contributed by atoms with van der Waals surface area (Å²) >= 11 is 0. The molecule has 1 fully saturated rings. The highest BCUT2D eigenvalue weighted by atomic mass is 16.5. The number of hydrogen-bond acceptors (Lipinski definition) is 6. The maximum Gasteiger partial charge on any atom is 0.170 e. The van der Waals surface area contributed by atoms with Gasteiger partial charge in [-0.15, -0.1) is 0 Å². The zero-order valence-corrected chi connectivity index (χ0v) is 18.7. The number of hydrogen-bond donors (Lipinski definition) is 2. The lowest BCUT2D eigenvalue weighted by atomic mass is 9.99. The molecule has 3 rings (SSSR count). The van der Waals surface area contributed by atoms with Crippen LogP contribution in [-0.2, 0) is 6.42 Å². The zero-order valence-electron chi connectivity index (χ0n) is 18.7. The summed E-state index contributed by atoms with van der Waals surface area (Å²) in [6.07, 6.45) is 4.18. The molecule has 1 heterocycles. The van der Waals surface area contributed by atoms with Gasteiger partial charge in [-0.1, -0.05) is 18.6 Å². The van der Waals surface area contributed by atoms with E-state index in [1.165, 1.54) is 19.3 Å². The van der Waals surface area contributed by atoms with Gasteiger partial charge in [-0.3, -0.25) is 4.90 Å². The van der Waals surface area contributed by atoms with E-state index in [0.29, 0.717) is 48.9 Å². The second-order valence-corrected chi connectivity index (χ2v) is 7.91. The van der Waals surface area contributed by atoms with Gasteiger partial charge in [0.2, 0.25) is 0 Å². The molecule has 1 saturated heterocycles. The average Bonchev–Trinajstić information content (AvgIpc) is 2.79. The van der Waals surface area contributed by atoms with Crippen LogP contribution in [0.25, 0.3) is 0 Å². The van der Waals surface area contributed by atoms with Crippen LogP contribution in [0.3, 0.4) is 0 Å². The second-order valence-electron chi connectivity index (χ2n) is 7.91. The van der Waals surface area contributed by atoms with E-state index < -0.39 is 6.10 Å². The second kappa shape index (κ2) is 11.8. The van der Waals surface area contributed by atoms with Gasteiger partial charge < -0.3 is 24.4 Å². The number of phenols is 1. The van der Waals surface area contributed by atoms with Crippen molar-refractivity contribution in [2.45, 2.75) is 45.1 Å². The molecule has 0 spiro atoms. The molecule has 0 bridgehead atoms. The molecule has 1 atom stereocenters. The van der Waals surface area contributed by atoms with Crippen LogP contribution in [0.5, 0.6) is 23.0 Å². The van der Waals surface area contributed by atoms with Crippen molar-refractivity contribution in [3.05, 3.63) is 47.5 Å². The summed E-state index contributed by atoms with van der Waals surface area (Å²) in [4.78, 5) is 2.42. The van der Waals surface area contributed by atoms with Gasteiger partial charge >= 0.3 is 0 Å². The van der Waals surface area contributed by atoms with Crippen molar-refractivity contribution in [2.24, 2.45) is 0 Å². The average molecular weight is 430 g/mol. The molecule has 0 amide bonds. The van der Waals surface area contributed by atoms with Crippen LogP contribution in [-0.4, -0.2) is 55.1 Å². The van der Waals surface area contributed by atoms with E-state index in [4.69, 9.17) is 14.2 Å². The first-order valence-electron chi connectivity index (χ1n) is 11.3. The maximum atomic E-state index is 11.1. The third-order valence-corrected chi connectivity index (χ3v) is 5.72. The summed E-state index contributed by atoms with van der Waals surface area (Å²) in [5.74, 6) is 2.01. The Balaban J connectivity index is 1.76. The van der Waals surface area contributed by atoms with Crippen molar-refractivity contribution in [3.63, 3.8) is 0 Å². The lowest BCUT2D eigenvalue weighted by molar-refractivity contribution is 0.147. The van der Waals surface area contributed by atoms with E-state index >= 15 is 0 Å². The van der Waals surface area contributed by atoms with Gasteiger partial charge in [-0.05, 0) is 75.5 Å². The number of ether oxygens (including phenoxy) is 3. The van der Waals surface area contributed by atoms with Crippen molar-refractivity contribution < 1.29 is 24.4 Å². The quantitative estimate of drug-likeness (QED) is 0.554. The first-order chi connectivity index (χ1) is 15.1. The number of phenolic OH excluding ortho intramolecular Hbond substituents is 1. The Hall–Kier alpha value is -2.44.